The topological polar surface area (TPSA) is 63.6 Å². The van der Waals surface area contributed by atoms with Crippen molar-refractivity contribution in [3.8, 4) is 5.75 Å². The van der Waals surface area contributed by atoms with Crippen molar-refractivity contribution in [1.82, 2.24) is 0 Å². The van der Waals surface area contributed by atoms with Gasteiger partial charge in [-0.3, -0.25) is 8.94 Å². The van der Waals surface area contributed by atoms with Crippen LogP contribution in [0.15, 0.2) is 23.1 Å². The van der Waals surface area contributed by atoms with E-state index in [4.69, 9.17) is 4.74 Å². The number of hydrogen-bond acceptors (Lipinski definition) is 3. The molecule has 0 atom stereocenters. The van der Waals surface area contributed by atoms with Crippen molar-refractivity contribution < 1.29 is 22.1 Å². The Hall–Kier alpha value is -1.14. The fourth-order valence-electron chi connectivity index (χ4n) is 5.07. The molecule has 38 heavy (non-hydrogen) atoms. The molecule has 0 aliphatic rings. The minimum Gasteiger partial charge on any atom is -0.492 e. The molecule has 1 aromatic rings. The van der Waals surface area contributed by atoms with Gasteiger partial charge in [0.25, 0.3) is 10.1 Å². The lowest BCUT2D eigenvalue weighted by Crippen LogP contribution is -2.07. The van der Waals surface area contributed by atoms with Crippen LogP contribution in [-0.2, 0) is 16.5 Å². The van der Waals surface area contributed by atoms with E-state index in [-0.39, 0.29) is 11.6 Å². The van der Waals surface area contributed by atoms with Gasteiger partial charge in [0.05, 0.1) is 13.3 Å². The summed E-state index contributed by atoms with van der Waals surface area (Å²) in [5, 5.41) is 0. The second kappa shape index (κ2) is 23.7. The summed E-state index contributed by atoms with van der Waals surface area (Å²) in [6, 6.07) is 5.03. The summed E-state index contributed by atoms with van der Waals surface area (Å²) in [6.45, 7) is 2.47. The molecule has 1 rings (SSSR count). The summed E-state index contributed by atoms with van der Waals surface area (Å²) >= 11 is 0. The smallest absolute Gasteiger partial charge is 0.298 e. The molecule has 0 aliphatic heterocycles. The number of rotatable bonds is 27. The van der Waals surface area contributed by atoms with E-state index in [0.717, 1.165) is 63.4 Å². The fraction of sp³-hybridized carbons (Fsp3) is 0.812. The first-order valence-corrected chi connectivity index (χ1v) is 17.2. The lowest BCUT2D eigenvalue weighted by atomic mass is 10.0. The summed E-state index contributed by atoms with van der Waals surface area (Å²) in [6.07, 6.45) is 27.1. The van der Waals surface area contributed by atoms with E-state index in [1.807, 2.05) is 6.07 Å². The number of aryl methyl sites for hydroxylation is 1. The van der Waals surface area contributed by atoms with E-state index in [2.05, 4.69) is 6.92 Å². The van der Waals surface area contributed by atoms with Gasteiger partial charge in [0.1, 0.15) is 10.6 Å². The fourth-order valence-corrected chi connectivity index (χ4v) is 5.74. The maximum atomic E-state index is 12.1. The molecule has 0 saturated carbocycles. The van der Waals surface area contributed by atoms with Crippen LogP contribution in [0.5, 0.6) is 5.75 Å². The van der Waals surface area contributed by atoms with Crippen molar-refractivity contribution in [3.05, 3.63) is 23.8 Å². The number of ether oxygens (including phenoxy) is 1. The van der Waals surface area contributed by atoms with Crippen LogP contribution in [0.25, 0.3) is 0 Å². The molecule has 0 radical (unpaired) electrons. The van der Waals surface area contributed by atoms with Gasteiger partial charge in [-0.1, -0.05) is 141 Å². The first-order chi connectivity index (χ1) is 18.5. The van der Waals surface area contributed by atoms with E-state index >= 15 is 0 Å². The number of hydrogen-bond donors (Lipinski definition) is 1. The quantitative estimate of drug-likeness (QED) is 0.0864. The average Bonchev–Trinajstić information content (AvgIpc) is 2.89. The van der Waals surface area contributed by atoms with E-state index in [9.17, 15) is 17.4 Å². The molecule has 1 N–H and O–H groups in total. The molecule has 0 aliphatic carbocycles. The predicted molar refractivity (Wildman–Crippen MR) is 159 cm³/mol. The van der Waals surface area contributed by atoms with Gasteiger partial charge in [-0.15, -0.1) is 0 Å². The number of halogens is 1. The van der Waals surface area contributed by atoms with Crippen molar-refractivity contribution in [2.45, 2.75) is 159 Å². The Morgan fingerprint density at radius 2 is 1.11 bits per heavy atom. The Balaban J connectivity index is 2.24. The summed E-state index contributed by atoms with van der Waals surface area (Å²) < 4.78 is 51.6. The van der Waals surface area contributed by atoms with E-state index in [0.29, 0.717) is 18.8 Å². The monoisotopic (exact) mass is 556 g/mol. The first kappa shape index (κ1) is 34.9. The lowest BCUT2D eigenvalue weighted by Gasteiger charge is -2.15. The Morgan fingerprint density at radius 3 is 1.58 bits per heavy atom. The molecule has 0 fully saturated rings. The largest absolute Gasteiger partial charge is 0.492 e. The van der Waals surface area contributed by atoms with E-state index < -0.39 is 10.1 Å². The standard InChI is InChI=1S/C32H57FO4S/c1-2-3-4-5-6-7-8-9-10-11-12-13-15-18-21-25-30-26-24-27-31(38(34,35)36)32(30)37-29-23-20-17-14-16-19-22-28-33/h24,26-27H,2-23,25,28-29H2,1H3,(H,34,35,36). The van der Waals surface area contributed by atoms with Gasteiger partial charge in [0.15, 0.2) is 0 Å². The second-order valence-electron chi connectivity index (χ2n) is 10.9. The van der Waals surface area contributed by atoms with Crippen LogP contribution in [0.2, 0.25) is 0 Å². The van der Waals surface area contributed by atoms with Crippen LogP contribution >= 0.6 is 0 Å². The van der Waals surface area contributed by atoms with Gasteiger partial charge in [-0.2, -0.15) is 8.42 Å². The molecular weight excluding hydrogens is 499 g/mol. The molecular formula is C32H57FO4S. The van der Waals surface area contributed by atoms with E-state index in [1.165, 1.54) is 89.5 Å². The number of benzene rings is 1. The zero-order valence-corrected chi connectivity index (χ0v) is 25.2. The maximum absolute atomic E-state index is 12.1. The molecule has 0 spiro atoms. The highest BCUT2D eigenvalue weighted by atomic mass is 32.2. The second-order valence-corrected chi connectivity index (χ2v) is 12.3. The Kier molecular flexibility index (Phi) is 21.8. The van der Waals surface area contributed by atoms with Gasteiger partial charge in [0.2, 0.25) is 0 Å². The predicted octanol–water partition coefficient (Wildman–Crippen LogP) is 10.4. The number of alkyl halides is 1. The summed E-state index contributed by atoms with van der Waals surface area (Å²) in [5.74, 6) is 0.323. The molecule has 4 nitrogen and oxygen atoms in total. The van der Waals surface area contributed by atoms with Crippen LogP contribution in [0.1, 0.15) is 154 Å². The summed E-state index contributed by atoms with van der Waals surface area (Å²) in [7, 11) is -4.33. The SMILES string of the molecule is CCCCCCCCCCCCCCCCCc1cccc(S(=O)(=O)O)c1OCCCCCCCCCF. The van der Waals surface area contributed by atoms with Gasteiger partial charge < -0.3 is 4.74 Å². The number of para-hydroxylation sites is 1. The molecule has 0 unspecified atom stereocenters. The van der Waals surface area contributed by atoms with Crippen LogP contribution in [0, 0.1) is 0 Å². The summed E-state index contributed by atoms with van der Waals surface area (Å²) in [5.41, 5.74) is 0.862. The third-order valence-corrected chi connectivity index (χ3v) is 8.29. The van der Waals surface area contributed by atoms with Gasteiger partial charge >= 0.3 is 0 Å². The van der Waals surface area contributed by atoms with Crippen LogP contribution < -0.4 is 4.74 Å². The van der Waals surface area contributed by atoms with Crippen LogP contribution in [0.4, 0.5) is 4.39 Å². The number of unbranched alkanes of at least 4 members (excludes halogenated alkanes) is 20. The highest BCUT2D eigenvalue weighted by Gasteiger charge is 2.19. The van der Waals surface area contributed by atoms with Crippen molar-refractivity contribution in [3.63, 3.8) is 0 Å². The van der Waals surface area contributed by atoms with Crippen LogP contribution in [0.3, 0.4) is 0 Å². The van der Waals surface area contributed by atoms with Crippen molar-refractivity contribution in [2.75, 3.05) is 13.3 Å². The highest BCUT2D eigenvalue weighted by molar-refractivity contribution is 7.86. The van der Waals surface area contributed by atoms with E-state index in [1.54, 1.807) is 6.07 Å². The molecule has 1 aromatic carbocycles. The van der Waals surface area contributed by atoms with Crippen molar-refractivity contribution in [1.29, 1.82) is 0 Å². The maximum Gasteiger partial charge on any atom is 0.298 e. The molecule has 0 bridgehead atoms. The third kappa shape index (κ3) is 18.2. The Morgan fingerprint density at radius 1 is 0.658 bits per heavy atom. The Bertz CT molecular complexity index is 782. The molecule has 0 amide bonds. The average molecular weight is 557 g/mol. The zero-order valence-electron chi connectivity index (χ0n) is 24.4. The molecule has 6 heteroatoms. The lowest BCUT2D eigenvalue weighted by molar-refractivity contribution is 0.292. The molecule has 0 saturated heterocycles. The minimum atomic E-state index is -4.33. The first-order valence-electron chi connectivity index (χ1n) is 15.8. The molecule has 0 aromatic heterocycles. The summed E-state index contributed by atoms with van der Waals surface area (Å²) in [4.78, 5) is -0.123. The minimum absolute atomic E-state index is 0.123. The normalized spacial score (nSPS) is 11.8. The zero-order chi connectivity index (χ0) is 27.7. The van der Waals surface area contributed by atoms with Crippen molar-refractivity contribution >= 4 is 10.1 Å². The third-order valence-electron chi connectivity index (χ3n) is 7.41. The molecule has 0 heterocycles. The van der Waals surface area contributed by atoms with Crippen LogP contribution in [-0.4, -0.2) is 26.3 Å². The van der Waals surface area contributed by atoms with Gasteiger partial charge in [-0.25, -0.2) is 0 Å². The Labute approximate surface area is 234 Å². The van der Waals surface area contributed by atoms with Gasteiger partial charge in [-0.05, 0) is 37.3 Å². The molecule has 222 valence electrons. The highest BCUT2D eigenvalue weighted by Crippen LogP contribution is 2.30. The van der Waals surface area contributed by atoms with Gasteiger partial charge in [0, 0.05) is 0 Å². The van der Waals surface area contributed by atoms with Crippen molar-refractivity contribution in [2.24, 2.45) is 0 Å².